The Morgan fingerprint density at radius 1 is 1.27 bits per heavy atom. The first kappa shape index (κ1) is 15.6. The zero-order chi connectivity index (χ0) is 15.5. The summed E-state index contributed by atoms with van der Waals surface area (Å²) < 4.78 is 6.03. The van der Waals surface area contributed by atoms with Gasteiger partial charge in [-0.2, -0.15) is 0 Å². The number of hydrogen-bond acceptors (Lipinski definition) is 3. The molecule has 0 amide bonds. The SMILES string of the molecule is CC(Oc1cncc(-c2ccc(Cl)cc2Cl)c1)[C@@H]1CCCN1. The number of nitrogens with one attached hydrogen (secondary N) is 1. The van der Waals surface area contributed by atoms with Gasteiger partial charge in [0.05, 0.1) is 6.20 Å². The molecule has 1 aromatic carbocycles. The van der Waals surface area contributed by atoms with Crippen molar-refractivity contribution in [2.45, 2.75) is 31.9 Å². The van der Waals surface area contributed by atoms with E-state index in [0.717, 1.165) is 29.8 Å². The molecule has 1 saturated heterocycles. The van der Waals surface area contributed by atoms with Crippen LogP contribution in [-0.2, 0) is 0 Å². The number of halogens is 2. The maximum atomic E-state index is 6.26. The quantitative estimate of drug-likeness (QED) is 0.887. The van der Waals surface area contributed by atoms with Crippen molar-refractivity contribution < 1.29 is 4.74 Å². The number of pyridine rings is 1. The summed E-state index contributed by atoms with van der Waals surface area (Å²) in [6, 6.07) is 7.82. The van der Waals surface area contributed by atoms with Crippen molar-refractivity contribution in [2.24, 2.45) is 0 Å². The van der Waals surface area contributed by atoms with E-state index in [1.807, 2.05) is 18.2 Å². The van der Waals surface area contributed by atoms with Crippen molar-refractivity contribution in [2.75, 3.05) is 6.54 Å². The van der Waals surface area contributed by atoms with Crippen LogP contribution in [0.5, 0.6) is 5.75 Å². The summed E-state index contributed by atoms with van der Waals surface area (Å²) in [5.41, 5.74) is 1.82. The molecule has 1 N–H and O–H groups in total. The lowest BCUT2D eigenvalue weighted by molar-refractivity contribution is 0.179. The number of nitrogens with zero attached hydrogens (tertiary/aromatic N) is 1. The fraction of sp³-hybridized carbons (Fsp3) is 0.353. The monoisotopic (exact) mass is 336 g/mol. The molecule has 2 heterocycles. The Balaban J connectivity index is 1.80. The first-order valence-corrected chi connectivity index (χ1v) is 8.19. The van der Waals surface area contributed by atoms with Gasteiger partial charge in [-0.1, -0.05) is 29.3 Å². The van der Waals surface area contributed by atoms with E-state index < -0.39 is 0 Å². The van der Waals surface area contributed by atoms with Gasteiger partial charge in [-0.25, -0.2) is 0 Å². The van der Waals surface area contributed by atoms with Crippen LogP contribution >= 0.6 is 23.2 Å². The largest absolute Gasteiger partial charge is 0.487 e. The van der Waals surface area contributed by atoms with Crippen LogP contribution < -0.4 is 10.1 Å². The van der Waals surface area contributed by atoms with E-state index in [9.17, 15) is 0 Å². The molecule has 2 atom stereocenters. The summed E-state index contributed by atoms with van der Waals surface area (Å²) in [5.74, 6) is 0.754. The standard InChI is InChI=1S/C17H18Cl2N2O/c1-11(17-3-2-6-21-17)22-14-7-12(9-20-10-14)15-5-4-13(18)8-16(15)19/h4-5,7-11,17,21H,2-3,6H2,1H3/t11?,17-/m0/s1. The third-order valence-electron chi connectivity index (χ3n) is 3.94. The fourth-order valence-corrected chi connectivity index (χ4v) is 3.28. The van der Waals surface area contributed by atoms with Gasteiger partial charge in [0.25, 0.3) is 0 Å². The smallest absolute Gasteiger partial charge is 0.138 e. The third kappa shape index (κ3) is 3.54. The molecular formula is C17H18Cl2N2O. The molecule has 1 aliphatic heterocycles. The average molecular weight is 337 g/mol. The molecule has 3 rings (SSSR count). The van der Waals surface area contributed by atoms with E-state index in [1.54, 1.807) is 18.5 Å². The lowest BCUT2D eigenvalue weighted by Gasteiger charge is -2.21. The summed E-state index contributed by atoms with van der Waals surface area (Å²) in [5, 5.41) is 4.69. The van der Waals surface area contributed by atoms with Gasteiger partial charge in [-0.05, 0) is 44.5 Å². The summed E-state index contributed by atoms with van der Waals surface area (Å²) in [4.78, 5) is 4.27. The number of ether oxygens (including phenoxy) is 1. The van der Waals surface area contributed by atoms with Crippen molar-refractivity contribution in [3.05, 3.63) is 46.7 Å². The van der Waals surface area contributed by atoms with Crippen LogP contribution in [0.2, 0.25) is 10.0 Å². The maximum Gasteiger partial charge on any atom is 0.138 e. The van der Waals surface area contributed by atoms with Crippen molar-refractivity contribution in [1.82, 2.24) is 10.3 Å². The minimum Gasteiger partial charge on any atom is -0.487 e. The summed E-state index contributed by atoms with van der Waals surface area (Å²) in [7, 11) is 0. The predicted octanol–water partition coefficient (Wildman–Crippen LogP) is 4.57. The van der Waals surface area contributed by atoms with Gasteiger partial charge in [0.1, 0.15) is 11.9 Å². The lowest BCUT2D eigenvalue weighted by Crippen LogP contribution is -2.36. The molecule has 22 heavy (non-hydrogen) atoms. The highest BCUT2D eigenvalue weighted by Crippen LogP contribution is 2.31. The fourth-order valence-electron chi connectivity index (χ4n) is 2.76. The highest BCUT2D eigenvalue weighted by Gasteiger charge is 2.22. The second-order valence-corrected chi connectivity index (χ2v) is 6.40. The molecule has 0 aliphatic carbocycles. The Kier molecular flexibility index (Phi) is 4.87. The van der Waals surface area contributed by atoms with Gasteiger partial charge in [-0.3, -0.25) is 4.98 Å². The van der Waals surface area contributed by atoms with Crippen molar-refractivity contribution in [1.29, 1.82) is 0 Å². The van der Waals surface area contributed by atoms with Crippen molar-refractivity contribution >= 4 is 23.2 Å². The molecule has 1 aromatic heterocycles. The second kappa shape index (κ2) is 6.86. The summed E-state index contributed by atoms with van der Waals surface area (Å²) in [6.45, 7) is 3.15. The van der Waals surface area contributed by atoms with Crippen LogP contribution in [-0.4, -0.2) is 23.7 Å². The molecule has 0 saturated carbocycles. The van der Waals surface area contributed by atoms with E-state index in [4.69, 9.17) is 27.9 Å². The molecular weight excluding hydrogens is 319 g/mol. The van der Waals surface area contributed by atoms with E-state index in [-0.39, 0.29) is 6.10 Å². The normalized spacial score (nSPS) is 19.1. The molecule has 2 aromatic rings. The van der Waals surface area contributed by atoms with Gasteiger partial charge in [0.15, 0.2) is 0 Å². The number of rotatable bonds is 4. The minimum absolute atomic E-state index is 0.111. The second-order valence-electron chi connectivity index (χ2n) is 5.56. The van der Waals surface area contributed by atoms with Gasteiger partial charge < -0.3 is 10.1 Å². The van der Waals surface area contributed by atoms with E-state index in [0.29, 0.717) is 16.1 Å². The topological polar surface area (TPSA) is 34.1 Å². The molecule has 0 radical (unpaired) electrons. The maximum absolute atomic E-state index is 6.26. The van der Waals surface area contributed by atoms with Crippen LogP contribution in [0, 0.1) is 0 Å². The average Bonchev–Trinajstić information content (AvgIpc) is 3.02. The molecule has 0 bridgehead atoms. The Morgan fingerprint density at radius 2 is 2.14 bits per heavy atom. The zero-order valence-corrected chi connectivity index (χ0v) is 13.9. The van der Waals surface area contributed by atoms with Gasteiger partial charge >= 0.3 is 0 Å². The Bertz CT molecular complexity index is 657. The van der Waals surface area contributed by atoms with Gasteiger partial charge in [0, 0.05) is 33.4 Å². The van der Waals surface area contributed by atoms with Gasteiger partial charge in [-0.15, -0.1) is 0 Å². The Morgan fingerprint density at radius 3 is 2.86 bits per heavy atom. The highest BCUT2D eigenvalue weighted by molar-refractivity contribution is 6.36. The Labute approximate surface area is 140 Å². The molecule has 5 heteroatoms. The molecule has 1 fully saturated rings. The predicted molar refractivity (Wildman–Crippen MR) is 90.8 cm³/mol. The van der Waals surface area contributed by atoms with Crippen LogP contribution in [0.1, 0.15) is 19.8 Å². The molecule has 1 unspecified atom stereocenters. The highest BCUT2D eigenvalue weighted by atomic mass is 35.5. The third-order valence-corrected chi connectivity index (χ3v) is 4.49. The Hall–Kier alpha value is -1.29. The number of benzene rings is 1. The molecule has 3 nitrogen and oxygen atoms in total. The van der Waals surface area contributed by atoms with E-state index >= 15 is 0 Å². The van der Waals surface area contributed by atoms with E-state index in [1.165, 1.54) is 6.42 Å². The van der Waals surface area contributed by atoms with Crippen LogP contribution in [0.4, 0.5) is 0 Å². The molecule has 116 valence electrons. The van der Waals surface area contributed by atoms with Crippen LogP contribution in [0.25, 0.3) is 11.1 Å². The van der Waals surface area contributed by atoms with Crippen LogP contribution in [0.3, 0.4) is 0 Å². The van der Waals surface area contributed by atoms with Crippen LogP contribution in [0.15, 0.2) is 36.7 Å². The number of aromatic nitrogens is 1. The first-order valence-electron chi connectivity index (χ1n) is 7.44. The van der Waals surface area contributed by atoms with Gasteiger partial charge in [0.2, 0.25) is 0 Å². The summed E-state index contributed by atoms with van der Waals surface area (Å²) >= 11 is 12.2. The van der Waals surface area contributed by atoms with E-state index in [2.05, 4.69) is 17.2 Å². The number of hydrogen-bond donors (Lipinski definition) is 1. The molecule has 1 aliphatic rings. The molecule has 0 spiro atoms. The van der Waals surface area contributed by atoms with Crippen molar-refractivity contribution in [3.8, 4) is 16.9 Å². The van der Waals surface area contributed by atoms with Crippen molar-refractivity contribution in [3.63, 3.8) is 0 Å². The minimum atomic E-state index is 0.111. The zero-order valence-electron chi connectivity index (χ0n) is 12.4. The first-order chi connectivity index (χ1) is 10.6. The lowest BCUT2D eigenvalue weighted by atomic mass is 10.1. The summed E-state index contributed by atoms with van der Waals surface area (Å²) in [6.07, 6.45) is 5.98.